The molecule has 10 heteroatoms. The van der Waals surface area contributed by atoms with E-state index in [-0.39, 0.29) is 17.2 Å². The van der Waals surface area contributed by atoms with Gasteiger partial charge in [0.25, 0.3) is 5.56 Å². The molecule has 0 amide bonds. The monoisotopic (exact) mass is 602 g/mol. The predicted molar refractivity (Wildman–Crippen MR) is 159 cm³/mol. The highest BCUT2D eigenvalue weighted by atomic mass is 35.5. The lowest BCUT2D eigenvalue weighted by atomic mass is 9.95. The molecule has 2 heterocycles. The average molecular weight is 604 g/mol. The van der Waals surface area contributed by atoms with E-state index in [0.717, 1.165) is 19.3 Å². The number of carbonyl (C=O) groups is 1. The Morgan fingerprint density at radius 3 is 2.60 bits per heavy atom. The Labute approximate surface area is 247 Å². The van der Waals surface area contributed by atoms with Crippen LogP contribution < -0.4 is 24.4 Å². The minimum absolute atomic E-state index is 0.288. The van der Waals surface area contributed by atoms with E-state index in [4.69, 9.17) is 37.4 Å². The van der Waals surface area contributed by atoms with Gasteiger partial charge in [-0.1, -0.05) is 66.4 Å². The van der Waals surface area contributed by atoms with Crippen molar-refractivity contribution in [2.24, 2.45) is 4.99 Å². The summed E-state index contributed by atoms with van der Waals surface area (Å²) in [4.78, 5) is 32.4. The topological polar surface area (TPSA) is 79.1 Å². The van der Waals surface area contributed by atoms with Gasteiger partial charge in [0.05, 0.1) is 41.7 Å². The van der Waals surface area contributed by atoms with E-state index >= 15 is 0 Å². The third kappa shape index (κ3) is 6.45. The molecule has 1 atom stereocenters. The van der Waals surface area contributed by atoms with E-state index in [1.54, 1.807) is 58.2 Å². The first-order chi connectivity index (χ1) is 19.1. The molecule has 2 aromatic carbocycles. The minimum Gasteiger partial charge on any atom is -0.493 e. The molecule has 7 nitrogen and oxygen atoms in total. The Morgan fingerprint density at radius 2 is 1.93 bits per heavy atom. The minimum atomic E-state index is -0.784. The van der Waals surface area contributed by atoms with Crippen molar-refractivity contribution in [1.29, 1.82) is 0 Å². The number of fused-ring (bicyclic) bond motifs is 1. The van der Waals surface area contributed by atoms with Crippen molar-refractivity contribution >= 4 is 46.6 Å². The Bertz CT molecular complexity index is 1620. The second kappa shape index (κ2) is 13.1. The molecule has 0 aliphatic carbocycles. The zero-order chi connectivity index (χ0) is 29.0. The quantitative estimate of drug-likeness (QED) is 0.208. The first kappa shape index (κ1) is 29.9. The van der Waals surface area contributed by atoms with Crippen LogP contribution in [0.25, 0.3) is 6.08 Å². The maximum Gasteiger partial charge on any atom is 0.338 e. The number of nitrogens with zero attached hydrogens (tertiary/aromatic N) is 2. The third-order valence-electron chi connectivity index (χ3n) is 6.34. The number of benzene rings is 2. The van der Waals surface area contributed by atoms with E-state index in [0.29, 0.717) is 54.3 Å². The van der Waals surface area contributed by atoms with Crippen LogP contribution in [0.5, 0.6) is 11.5 Å². The first-order valence-electron chi connectivity index (χ1n) is 13.1. The van der Waals surface area contributed by atoms with Crippen molar-refractivity contribution in [3.63, 3.8) is 0 Å². The summed E-state index contributed by atoms with van der Waals surface area (Å²) in [5.41, 5.74) is 1.78. The second-order valence-corrected chi connectivity index (χ2v) is 11.5. The number of carbonyl (C=O) groups excluding carboxylic acids is 1. The number of unbranched alkanes of at least 4 members (excludes halogenated alkanes) is 2. The molecule has 0 saturated heterocycles. The van der Waals surface area contributed by atoms with E-state index in [1.165, 1.54) is 15.9 Å². The van der Waals surface area contributed by atoms with Crippen LogP contribution in [0.15, 0.2) is 57.5 Å². The molecule has 0 N–H and O–H groups in total. The largest absolute Gasteiger partial charge is 0.493 e. The van der Waals surface area contributed by atoms with Crippen LogP contribution in [-0.4, -0.2) is 30.4 Å². The maximum absolute atomic E-state index is 13.9. The number of aromatic nitrogens is 1. The standard InChI is InChI=1S/C30H32Cl2N2O5S/c1-6-7-8-13-38-23-12-10-20(14-24(23)37-5)27-26(29(36)39-17(2)3)18(4)33-30-34(27)28(35)25(40-30)15-19-9-11-21(31)16-22(19)32/h9-12,14-17,27H,6-8,13H2,1-5H3/b25-15-. The highest BCUT2D eigenvalue weighted by molar-refractivity contribution is 7.07. The number of esters is 1. The maximum atomic E-state index is 13.9. The first-order valence-corrected chi connectivity index (χ1v) is 14.7. The molecule has 212 valence electrons. The van der Waals surface area contributed by atoms with Gasteiger partial charge in [0.1, 0.15) is 0 Å². The molecular weight excluding hydrogens is 571 g/mol. The summed E-state index contributed by atoms with van der Waals surface area (Å²) in [5, 5.41) is 0.922. The van der Waals surface area contributed by atoms with Gasteiger partial charge in [0.15, 0.2) is 16.3 Å². The summed E-state index contributed by atoms with van der Waals surface area (Å²) in [6.45, 7) is 8.01. The van der Waals surface area contributed by atoms with Gasteiger partial charge in [-0.05, 0) is 68.7 Å². The van der Waals surface area contributed by atoms with Gasteiger partial charge in [-0.3, -0.25) is 9.36 Å². The fourth-order valence-electron chi connectivity index (χ4n) is 4.44. The van der Waals surface area contributed by atoms with Gasteiger partial charge in [-0.2, -0.15) is 0 Å². The van der Waals surface area contributed by atoms with Gasteiger partial charge >= 0.3 is 5.97 Å². The van der Waals surface area contributed by atoms with Crippen LogP contribution in [-0.2, 0) is 9.53 Å². The number of thiazole rings is 1. The van der Waals surface area contributed by atoms with Crippen molar-refractivity contribution in [1.82, 2.24) is 4.57 Å². The summed E-state index contributed by atoms with van der Waals surface area (Å²) < 4.78 is 19.1. The van der Waals surface area contributed by atoms with Crippen molar-refractivity contribution in [2.45, 2.75) is 59.1 Å². The van der Waals surface area contributed by atoms with Gasteiger partial charge in [-0.15, -0.1) is 0 Å². The number of hydrogen-bond donors (Lipinski definition) is 0. The number of hydrogen-bond acceptors (Lipinski definition) is 7. The fourth-order valence-corrected chi connectivity index (χ4v) is 5.94. The van der Waals surface area contributed by atoms with Crippen molar-refractivity contribution in [2.75, 3.05) is 13.7 Å². The Kier molecular flexibility index (Phi) is 9.77. The molecule has 0 saturated carbocycles. The van der Waals surface area contributed by atoms with Crippen LogP contribution >= 0.6 is 34.5 Å². The highest BCUT2D eigenvalue weighted by Crippen LogP contribution is 2.36. The number of allylic oxidation sites excluding steroid dienone is 1. The molecule has 0 radical (unpaired) electrons. The van der Waals surface area contributed by atoms with Gasteiger partial charge < -0.3 is 14.2 Å². The van der Waals surface area contributed by atoms with E-state index in [1.807, 2.05) is 12.1 Å². The lowest BCUT2D eigenvalue weighted by Gasteiger charge is -2.26. The molecule has 4 rings (SSSR count). The lowest BCUT2D eigenvalue weighted by Crippen LogP contribution is -2.40. The lowest BCUT2D eigenvalue weighted by molar-refractivity contribution is -0.143. The molecule has 1 aliphatic heterocycles. The molecule has 0 spiro atoms. The summed E-state index contributed by atoms with van der Waals surface area (Å²) in [7, 11) is 1.56. The highest BCUT2D eigenvalue weighted by Gasteiger charge is 2.34. The van der Waals surface area contributed by atoms with Crippen LogP contribution in [0.2, 0.25) is 10.0 Å². The Balaban J connectivity index is 1.87. The summed E-state index contributed by atoms with van der Waals surface area (Å²) in [6.07, 6.45) is 4.46. The third-order valence-corrected chi connectivity index (χ3v) is 7.89. The van der Waals surface area contributed by atoms with Gasteiger partial charge in [-0.25, -0.2) is 9.79 Å². The normalized spacial score (nSPS) is 15.2. The summed E-state index contributed by atoms with van der Waals surface area (Å²) >= 11 is 13.7. The van der Waals surface area contributed by atoms with E-state index in [9.17, 15) is 9.59 Å². The zero-order valence-electron chi connectivity index (χ0n) is 23.1. The van der Waals surface area contributed by atoms with Gasteiger partial charge in [0.2, 0.25) is 0 Å². The van der Waals surface area contributed by atoms with Gasteiger partial charge in [0, 0.05) is 10.0 Å². The Hall–Kier alpha value is -3.07. The molecule has 0 bridgehead atoms. The molecule has 1 unspecified atom stereocenters. The van der Waals surface area contributed by atoms with Crippen LogP contribution in [0, 0.1) is 0 Å². The van der Waals surface area contributed by atoms with E-state index < -0.39 is 12.0 Å². The van der Waals surface area contributed by atoms with E-state index in [2.05, 4.69) is 11.9 Å². The van der Waals surface area contributed by atoms with Crippen LogP contribution in [0.1, 0.15) is 64.1 Å². The number of methoxy groups -OCH3 is 1. The van der Waals surface area contributed by atoms with Crippen LogP contribution in [0.4, 0.5) is 0 Å². The molecule has 3 aromatic rings. The molecule has 40 heavy (non-hydrogen) atoms. The van der Waals surface area contributed by atoms with Crippen LogP contribution in [0.3, 0.4) is 0 Å². The number of rotatable bonds is 10. The SMILES string of the molecule is CCCCCOc1ccc(C2C(C(=O)OC(C)C)=C(C)N=c3s/c(=C\c4ccc(Cl)cc4Cl)c(=O)n32)cc1OC. The number of halogens is 2. The predicted octanol–water partition coefficient (Wildman–Crippen LogP) is 6.07. The molecule has 0 fully saturated rings. The summed E-state index contributed by atoms with van der Waals surface area (Å²) in [5.74, 6) is 0.574. The molecule has 1 aromatic heterocycles. The van der Waals surface area contributed by atoms with Crippen molar-refractivity contribution in [3.05, 3.63) is 88.5 Å². The average Bonchev–Trinajstić information content (AvgIpc) is 3.21. The molecule has 1 aliphatic rings. The number of ether oxygens (including phenoxy) is 3. The zero-order valence-corrected chi connectivity index (χ0v) is 25.5. The second-order valence-electron chi connectivity index (χ2n) is 9.67. The molecular formula is C30H32Cl2N2O5S. The van der Waals surface area contributed by atoms with Crippen molar-refractivity contribution in [3.8, 4) is 11.5 Å². The fraction of sp³-hybridized carbons (Fsp3) is 0.367. The summed E-state index contributed by atoms with van der Waals surface area (Å²) in [6, 6.07) is 9.75. The smallest absolute Gasteiger partial charge is 0.338 e. The van der Waals surface area contributed by atoms with Crippen molar-refractivity contribution < 1.29 is 19.0 Å². The Morgan fingerprint density at radius 1 is 1.15 bits per heavy atom.